The number of hydrogen-bond donors (Lipinski definition) is 0. The Balaban J connectivity index is 0.00000180. The van der Waals surface area contributed by atoms with Gasteiger partial charge in [-0.05, 0) is 26.1 Å². The molecule has 1 atom stereocenters. The van der Waals surface area contributed by atoms with Gasteiger partial charge < -0.3 is 14.8 Å². The first-order valence-electron chi connectivity index (χ1n) is 6.15. The Morgan fingerprint density at radius 2 is 1.95 bits per heavy atom. The van der Waals surface area contributed by atoms with E-state index in [1.165, 1.54) is 0 Å². The zero-order valence-corrected chi connectivity index (χ0v) is 14.9. The average molecular weight is 287 g/mol. The summed E-state index contributed by atoms with van der Waals surface area (Å²) in [5.74, 6) is -1.07. The molecule has 0 bridgehead atoms. The third kappa shape index (κ3) is 4.59. The number of carbonyl (C=O) groups is 1. The van der Waals surface area contributed by atoms with Crippen molar-refractivity contribution in [1.82, 2.24) is 14.8 Å². The van der Waals surface area contributed by atoms with Crippen LogP contribution in [0.4, 0.5) is 0 Å². The van der Waals surface area contributed by atoms with Gasteiger partial charge in [0, 0.05) is 31.9 Å². The summed E-state index contributed by atoms with van der Waals surface area (Å²) >= 11 is 0. The van der Waals surface area contributed by atoms with Crippen molar-refractivity contribution in [2.75, 3.05) is 33.2 Å². The summed E-state index contributed by atoms with van der Waals surface area (Å²) in [7, 11) is 2.04. The van der Waals surface area contributed by atoms with Gasteiger partial charge in [0.05, 0.1) is 17.7 Å². The molecule has 0 spiro atoms. The molecule has 6 heteroatoms. The number of aromatic nitrogens is 1. The van der Waals surface area contributed by atoms with Crippen LogP contribution in [0.3, 0.4) is 0 Å². The van der Waals surface area contributed by atoms with Crippen LogP contribution in [-0.2, 0) is 4.79 Å². The number of aryl methyl sites for hydroxylation is 1. The van der Waals surface area contributed by atoms with Gasteiger partial charge in [0.25, 0.3) is 0 Å². The largest absolute Gasteiger partial charge is 1.00 e. The molecule has 19 heavy (non-hydrogen) atoms. The Morgan fingerprint density at radius 1 is 1.32 bits per heavy atom. The van der Waals surface area contributed by atoms with E-state index in [1.807, 2.05) is 31.0 Å². The topological polar surface area (TPSA) is 59.5 Å². The van der Waals surface area contributed by atoms with Crippen molar-refractivity contribution in [3.63, 3.8) is 0 Å². The van der Waals surface area contributed by atoms with E-state index in [0.29, 0.717) is 5.69 Å². The number of hydrogen-bond acceptors (Lipinski definition) is 5. The second-order valence-corrected chi connectivity index (χ2v) is 4.76. The van der Waals surface area contributed by atoms with Gasteiger partial charge >= 0.3 is 51.4 Å². The number of carbonyl (C=O) groups excluding carboxylic acids is 1. The summed E-state index contributed by atoms with van der Waals surface area (Å²) < 4.78 is 0. The number of pyridine rings is 1. The molecule has 0 aliphatic carbocycles. The Bertz CT molecular complexity index is 434. The summed E-state index contributed by atoms with van der Waals surface area (Å²) in [6.45, 7) is 5.06. The maximum atomic E-state index is 11.4. The smallest absolute Gasteiger partial charge is 0.548 e. The molecule has 0 radical (unpaired) electrons. The second kappa shape index (κ2) is 7.83. The molecule has 1 aliphatic heterocycles. The van der Waals surface area contributed by atoms with E-state index in [9.17, 15) is 9.90 Å². The molecule has 0 aromatic carbocycles. The van der Waals surface area contributed by atoms with Crippen molar-refractivity contribution in [1.29, 1.82) is 0 Å². The zero-order chi connectivity index (χ0) is 13.1. The van der Waals surface area contributed by atoms with Crippen molar-refractivity contribution < 1.29 is 61.3 Å². The maximum Gasteiger partial charge on any atom is 1.00 e. The van der Waals surface area contributed by atoms with Crippen LogP contribution in [0.1, 0.15) is 17.4 Å². The van der Waals surface area contributed by atoms with Gasteiger partial charge in [-0.1, -0.05) is 6.07 Å². The molecule has 5 nitrogen and oxygen atoms in total. The zero-order valence-electron chi connectivity index (χ0n) is 11.8. The minimum absolute atomic E-state index is 0. The average Bonchev–Trinajstić information content (AvgIpc) is 2.32. The fourth-order valence-corrected chi connectivity index (χ4v) is 2.25. The summed E-state index contributed by atoms with van der Waals surface area (Å²) in [6.07, 6.45) is 0. The van der Waals surface area contributed by atoms with Crippen LogP contribution in [-0.4, -0.2) is 54.0 Å². The van der Waals surface area contributed by atoms with Gasteiger partial charge in [-0.15, -0.1) is 0 Å². The number of carboxylic acid groups (broad SMARTS) is 1. The third-order valence-corrected chi connectivity index (χ3v) is 3.32. The summed E-state index contributed by atoms with van der Waals surface area (Å²) in [5.41, 5.74) is 1.40. The predicted molar refractivity (Wildman–Crippen MR) is 65.8 cm³/mol. The summed E-state index contributed by atoms with van der Waals surface area (Å²) in [5, 5.41) is 11.4. The minimum atomic E-state index is -1.07. The molecule has 1 aliphatic rings. The van der Waals surface area contributed by atoms with E-state index in [2.05, 4.69) is 9.88 Å². The number of nitrogens with zero attached hydrogens (tertiary/aromatic N) is 3. The van der Waals surface area contributed by atoms with E-state index in [-0.39, 0.29) is 51.4 Å². The van der Waals surface area contributed by atoms with Gasteiger partial charge in [-0.2, -0.15) is 0 Å². The van der Waals surface area contributed by atoms with Crippen molar-refractivity contribution in [2.45, 2.75) is 13.0 Å². The number of piperazine rings is 1. The van der Waals surface area contributed by atoms with Gasteiger partial charge in [0.1, 0.15) is 0 Å². The van der Waals surface area contributed by atoms with Gasteiger partial charge in [-0.25, -0.2) is 0 Å². The van der Waals surface area contributed by atoms with E-state index in [0.717, 1.165) is 31.9 Å². The molecule has 1 aromatic heterocycles. The SMILES string of the molecule is Cc1cccc(C(C(=O)[O-])N2CCN(C)CC2)n1.[K+]. The van der Waals surface area contributed by atoms with Crippen LogP contribution < -0.4 is 56.5 Å². The molecule has 0 saturated carbocycles. The Labute approximate surface area is 156 Å². The number of rotatable bonds is 3. The summed E-state index contributed by atoms with van der Waals surface area (Å²) in [4.78, 5) is 19.8. The van der Waals surface area contributed by atoms with Gasteiger partial charge in [0.15, 0.2) is 0 Å². The molecular weight excluding hydrogens is 269 g/mol. The van der Waals surface area contributed by atoms with Crippen LogP contribution in [0.2, 0.25) is 0 Å². The van der Waals surface area contributed by atoms with E-state index >= 15 is 0 Å². The molecule has 98 valence electrons. The van der Waals surface area contributed by atoms with Gasteiger partial charge in [-0.3, -0.25) is 9.88 Å². The van der Waals surface area contributed by atoms with Crippen molar-refractivity contribution in [3.05, 3.63) is 29.6 Å². The first kappa shape index (κ1) is 17.2. The third-order valence-electron chi connectivity index (χ3n) is 3.32. The molecule has 1 fully saturated rings. The summed E-state index contributed by atoms with van der Waals surface area (Å²) in [6, 6.07) is 4.72. The number of aliphatic carboxylic acids is 1. The van der Waals surface area contributed by atoms with Crippen molar-refractivity contribution in [2.24, 2.45) is 0 Å². The first-order chi connectivity index (χ1) is 8.58. The fourth-order valence-electron chi connectivity index (χ4n) is 2.25. The minimum Gasteiger partial charge on any atom is -0.548 e. The Morgan fingerprint density at radius 3 is 2.47 bits per heavy atom. The van der Waals surface area contributed by atoms with Crippen LogP contribution in [0.5, 0.6) is 0 Å². The van der Waals surface area contributed by atoms with Gasteiger partial charge in [0.2, 0.25) is 0 Å². The number of carboxylic acids is 1. The van der Waals surface area contributed by atoms with Crippen LogP contribution in [0, 0.1) is 6.92 Å². The normalized spacial score (nSPS) is 18.6. The fraction of sp³-hybridized carbons (Fsp3) is 0.538. The van der Waals surface area contributed by atoms with Crippen molar-refractivity contribution >= 4 is 5.97 Å². The quantitative estimate of drug-likeness (QED) is 0.539. The molecule has 0 amide bonds. The standard InChI is InChI=1S/C13H19N3O2.K/c1-10-4-3-5-11(14-10)12(13(17)18)16-8-6-15(2)7-9-16;/h3-5,12H,6-9H2,1-2H3,(H,17,18);/q;+1/p-1. The molecule has 1 aromatic rings. The first-order valence-corrected chi connectivity index (χ1v) is 6.15. The molecule has 2 rings (SSSR count). The second-order valence-electron chi connectivity index (χ2n) is 4.76. The van der Waals surface area contributed by atoms with Crippen LogP contribution >= 0.6 is 0 Å². The Hall–Kier alpha value is 0.176. The van der Waals surface area contributed by atoms with Crippen molar-refractivity contribution in [3.8, 4) is 0 Å². The van der Waals surface area contributed by atoms with Crippen LogP contribution in [0.15, 0.2) is 18.2 Å². The monoisotopic (exact) mass is 287 g/mol. The molecular formula is C13H18KN3O2. The molecule has 2 heterocycles. The maximum absolute atomic E-state index is 11.4. The molecule has 1 unspecified atom stereocenters. The van der Waals surface area contributed by atoms with Crippen LogP contribution in [0.25, 0.3) is 0 Å². The molecule has 0 N–H and O–H groups in total. The molecule has 1 saturated heterocycles. The number of likely N-dealkylation sites (N-methyl/N-ethyl adjacent to an activating group) is 1. The van der Waals surface area contributed by atoms with E-state index in [1.54, 1.807) is 6.07 Å². The predicted octanol–water partition coefficient (Wildman–Crippen LogP) is -3.57. The van der Waals surface area contributed by atoms with E-state index < -0.39 is 12.0 Å². The van der Waals surface area contributed by atoms with E-state index in [4.69, 9.17) is 0 Å². The Kier molecular flexibility index (Phi) is 7.10.